The highest BCUT2D eigenvalue weighted by atomic mass is 35.5. The monoisotopic (exact) mass is 273 g/mol. The van der Waals surface area contributed by atoms with Gasteiger partial charge in [0, 0.05) is 25.6 Å². The van der Waals surface area contributed by atoms with E-state index in [1.807, 2.05) is 24.3 Å². The van der Waals surface area contributed by atoms with Gasteiger partial charge in [-0.3, -0.25) is 0 Å². The van der Waals surface area contributed by atoms with Crippen LogP contribution in [0.15, 0.2) is 24.3 Å². The Morgan fingerprint density at radius 3 is 2.39 bits per heavy atom. The number of hydrogen-bond acceptors (Lipinski definition) is 4. The summed E-state index contributed by atoms with van der Waals surface area (Å²) in [7, 11) is 3.30. The fourth-order valence-corrected chi connectivity index (χ4v) is 1.66. The van der Waals surface area contributed by atoms with Crippen molar-refractivity contribution in [1.82, 2.24) is 5.32 Å². The van der Waals surface area contributed by atoms with Crippen LogP contribution < -0.4 is 14.8 Å². The van der Waals surface area contributed by atoms with E-state index in [2.05, 4.69) is 5.32 Å². The van der Waals surface area contributed by atoms with E-state index in [1.165, 1.54) is 0 Å². The lowest BCUT2D eigenvalue weighted by Gasteiger charge is -2.15. The van der Waals surface area contributed by atoms with Crippen molar-refractivity contribution < 1.29 is 14.2 Å². The maximum atomic E-state index is 5.78. The first kappa shape index (κ1) is 15.1. The summed E-state index contributed by atoms with van der Waals surface area (Å²) in [5.74, 6) is 2.17. The minimum atomic E-state index is 0.163. The lowest BCUT2D eigenvalue weighted by atomic mass is 10.3. The molecular weight excluding hydrogens is 254 g/mol. The van der Waals surface area contributed by atoms with Gasteiger partial charge in [-0.2, -0.15) is 0 Å². The predicted octanol–water partition coefficient (Wildman–Crippen LogP) is 1.92. The molecule has 0 aliphatic carbocycles. The van der Waals surface area contributed by atoms with Crippen LogP contribution in [-0.2, 0) is 4.74 Å². The summed E-state index contributed by atoms with van der Waals surface area (Å²) in [6.07, 6.45) is 0. The standard InChI is InChI=1S/C13H20ClNO3/c1-16-10-11(9-14)15-7-8-18-13-5-3-12(17-2)4-6-13/h3-6,11,15H,7-10H2,1-2H3. The molecular formula is C13H20ClNO3. The molecule has 0 aromatic heterocycles. The van der Waals surface area contributed by atoms with Crippen molar-refractivity contribution in [2.45, 2.75) is 6.04 Å². The quantitative estimate of drug-likeness (QED) is 0.551. The minimum absolute atomic E-state index is 0.163. The molecule has 0 radical (unpaired) electrons. The second-order valence-corrected chi connectivity index (χ2v) is 4.09. The predicted molar refractivity (Wildman–Crippen MR) is 72.9 cm³/mol. The SMILES string of the molecule is COCC(CCl)NCCOc1ccc(OC)cc1. The van der Waals surface area contributed by atoms with Crippen LogP contribution >= 0.6 is 11.6 Å². The molecule has 4 nitrogen and oxygen atoms in total. The normalized spacial score (nSPS) is 12.2. The average Bonchev–Trinajstić information content (AvgIpc) is 2.43. The minimum Gasteiger partial charge on any atom is -0.497 e. The van der Waals surface area contributed by atoms with E-state index in [0.717, 1.165) is 18.0 Å². The Kier molecular flexibility index (Phi) is 7.57. The zero-order valence-electron chi connectivity index (χ0n) is 10.8. The molecule has 0 spiro atoms. The van der Waals surface area contributed by atoms with Gasteiger partial charge in [-0.1, -0.05) is 0 Å². The number of hydrogen-bond donors (Lipinski definition) is 1. The highest BCUT2D eigenvalue weighted by molar-refractivity contribution is 6.18. The van der Waals surface area contributed by atoms with Crippen LogP contribution in [0.2, 0.25) is 0 Å². The first-order chi connectivity index (χ1) is 8.80. The van der Waals surface area contributed by atoms with Gasteiger partial charge in [0.25, 0.3) is 0 Å². The highest BCUT2D eigenvalue weighted by Gasteiger charge is 2.05. The molecule has 1 atom stereocenters. The van der Waals surface area contributed by atoms with Gasteiger partial charge in [0.05, 0.1) is 13.7 Å². The molecule has 1 rings (SSSR count). The number of benzene rings is 1. The molecule has 0 aliphatic heterocycles. The van der Waals surface area contributed by atoms with Gasteiger partial charge < -0.3 is 19.5 Å². The topological polar surface area (TPSA) is 39.7 Å². The number of alkyl halides is 1. The van der Waals surface area contributed by atoms with E-state index >= 15 is 0 Å². The Hall–Kier alpha value is -0.970. The zero-order chi connectivity index (χ0) is 13.2. The molecule has 0 heterocycles. The Balaban J connectivity index is 2.20. The van der Waals surface area contributed by atoms with Gasteiger partial charge in [-0.05, 0) is 24.3 Å². The van der Waals surface area contributed by atoms with E-state index in [4.69, 9.17) is 25.8 Å². The van der Waals surface area contributed by atoms with Crippen LogP contribution in [0.4, 0.5) is 0 Å². The fraction of sp³-hybridized carbons (Fsp3) is 0.538. The molecule has 1 aromatic rings. The fourth-order valence-electron chi connectivity index (χ4n) is 1.46. The Labute approximate surface area is 113 Å². The van der Waals surface area contributed by atoms with E-state index in [-0.39, 0.29) is 6.04 Å². The summed E-state index contributed by atoms with van der Waals surface area (Å²) < 4.78 is 15.7. The van der Waals surface area contributed by atoms with E-state index in [0.29, 0.717) is 19.1 Å². The molecule has 0 bridgehead atoms. The van der Waals surface area contributed by atoms with Crippen LogP contribution in [-0.4, -0.2) is 45.9 Å². The summed E-state index contributed by atoms with van der Waals surface area (Å²) >= 11 is 5.78. The lowest BCUT2D eigenvalue weighted by Crippen LogP contribution is -2.37. The average molecular weight is 274 g/mol. The van der Waals surface area contributed by atoms with Gasteiger partial charge in [0.15, 0.2) is 0 Å². The molecule has 0 fully saturated rings. The Morgan fingerprint density at radius 2 is 1.83 bits per heavy atom. The molecule has 1 N–H and O–H groups in total. The summed E-state index contributed by atoms with van der Waals surface area (Å²) in [5, 5.41) is 3.26. The van der Waals surface area contributed by atoms with E-state index in [9.17, 15) is 0 Å². The largest absolute Gasteiger partial charge is 0.497 e. The third-order valence-electron chi connectivity index (χ3n) is 2.42. The molecule has 0 saturated carbocycles. The van der Waals surface area contributed by atoms with Crippen LogP contribution in [0, 0.1) is 0 Å². The molecule has 0 aliphatic rings. The summed E-state index contributed by atoms with van der Waals surface area (Å²) in [6.45, 7) is 1.92. The third kappa shape index (κ3) is 5.58. The van der Waals surface area contributed by atoms with E-state index < -0.39 is 0 Å². The molecule has 0 amide bonds. The van der Waals surface area contributed by atoms with Gasteiger partial charge in [0.2, 0.25) is 0 Å². The second-order valence-electron chi connectivity index (χ2n) is 3.78. The van der Waals surface area contributed by atoms with Crippen molar-refractivity contribution in [3.8, 4) is 11.5 Å². The number of halogens is 1. The molecule has 1 unspecified atom stereocenters. The van der Waals surface area contributed by atoms with Gasteiger partial charge >= 0.3 is 0 Å². The first-order valence-corrected chi connectivity index (χ1v) is 6.38. The van der Waals surface area contributed by atoms with Crippen molar-refractivity contribution in [3.63, 3.8) is 0 Å². The zero-order valence-corrected chi connectivity index (χ0v) is 11.6. The van der Waals surface area contributed by atoms with Crippen LogP contribution in [0.5, 0.6) is 11.5 Å². The molecule has 5 heteroatoms. The first-order valence-electron chi connectivity index (χ1n) is 5.85. The highest BCUT2D eigenvalue weighted by Crippen LogP contribution is 2.16. The van der Waals surface area contributed by atoms with Crippen molar-refractivity contribution in [1.29, 1.82) is 0 Å². The smallest absolute Gasteiger partial charge is 0.119 e. The second kappa shape index (κ2) is 9.03. The summed E-state index contributed by atoms with van der Waals surface area (Å²) in [5.41, 5.74) is 0. The summed E-state index contributed by atoms with van der Waals surface area (Å²) in [4.78, 5) is 0. The number of rotatable bonds is 9. The lowest BCUT2D eigenvalue weighted by molar-refractivity contribution is 0.170. The van der Waals surface area contributed by atoms with Crippen LogP contribution in [0.3, 0.4) is 0 Å². The van der Waals surface area contributed by atoms with Crippen molar-refractivity contribution >= 4 is 11.6 Å². The molecule has 0 saturated heterocycles. The van der Waals surface area contributed by atoms with Crippen molar-refractivity contribution in [2.75, 3.05) is 39.9 Å². The number of nitrogens with one attached hydrogen (secondary N) is 1. The number of methoxy groups -OCH3 is 2. The molecule has 18 heavy (non-hydrogen) atoms. The number of ether oxygens (including phenoxy) is 3. The molecule has 102 valence electrons. The van der Waals surface area contributed by atoms with Crippen molar-refractivity contribution in [2.24, 2.45) is 0 Å². The van der Waals surface area contributed by atoms with Crippen LogP contribution in [0.1, 0.15) is 0 Å². The summed E-state index contributed by atoms with van der Waals surface area (Å²) in [6, 6.07) is 7.67. The maximum Gasteiger partial charge on any atom is 0.119 e. The van der Waals surface area contributed by atoms with Gasteiger partial charge in [-0.15, -0.1) is 11.6 Å². The van der Waals surface area contributed by atoms with Crippen LogP contribution in [0.25, 0.3) is 0 Å². The Bertz CT molecular complexity index is 319. The van der Waals surface area contributed by atoms with Gasteiger partial charge in [0.1, 0.15) is 18.1 Å². The van der Waals surface area contributed by atoms with E-state index in [1.54, 1.807) is 14.2 Å². The molecule has 1 aromatic carbocycles. The Morgan fingerprint density at radius 1 is 1.17 bits per heavy atom. The van der Waals surface area contributed by atoms with Gasteiger partial charge in [-0.25, -0.2) is 0 Å². The maximum absolute atomic E-state index is 5.78. The third-order valence-corrected chi connectivity index (χ3v) is 2.79. The van der Waals surface area contributed by atoms with Crippen molar-refractivity contribution in [3.05, 3.63) is 24.3 Å².